The van der Waals surface area contributed by atoms with Gasteiger partial charge in [-0.3, -0.25) is 9.38 Å². The summed E-state index contributed by atoms with van der Waals surface area (Å²) >= 11 is 0. The van der Waals surface area contributed by atoms with Crippen molar-refractivity contribution in [1.82, 2.24) is 19.6 Å². The molecule has 2 rings (SSSR count). The molecule has 0 bridgehead atoms. The lowest BCUT2D eigenvalue weighted by molar-refractivity contribution is -0.237. The van der Waals surface area contributed by atoms with Crippen molar-refractivity contribution >= 4 is 17.9 Å². The predicted octanol–water partition coefficient (Wildman–Crippen LogP) is 3.73. The highest BCUT2D eigenvalue weighted by atomic mass is 19.4. The van der Waals surface area contributed by atoms with Gasteiger partial charge in [0.25, 0.3) is 0 Å². The molecule has 0 saturated heterocycles. The third-order valence-electron chi connectivity index (χ3n) is 3.60. The summed E-state index contributed by atoms with van der Waals surface area (Å²) < 4.78 is 75.1. The number of hydrogen-bond acceptors (Lipinski definition) is 6. The summed E-state index contributed by atoms with van der Waals surface area (Å²) in [6.45, 7) is 5.55. The van der Waals surface area contributed by atoms with Crippen molar-refractivity contribution in [2.75, 3.05) is 7.11 Å². The summed E-state index contributed by atoms with van der Waals surface area (Å²) in [7, 11) is 0.824. The van der Waals surface area contributed by atoms with Crippen molar-refractivity contribution < 1.29 is 31.4 Å². The number of allylic oxidation sites excluding steroid dienone is 3. The molecule has 0 fully saturated rings. The smallest absolute Gasteiger partial charge is 0.425 e. The summed E-state index contributed by atoms with van der Waals surface area (Å²) in [6.07, 6.45) is -5.33. The van der Waals surface area contributed by atoms with Crippen LogP contribution in [0.2, 0.25) is 0 Å². The summed E-state index contributed by atoms with van der Waals surface area (Å²) in [5.41, 5.74) is 0.727. The van der Waals surface area contributed by atoms with Gasteiger partial charge in [-0.05, 0) is 26.1 Å². The molecule has 0 N–H and O–H groups in total. The van der Waals surface area contributed by atoms with Crippen LogP contribution in [0, 0.1) is 0 Å². The van der Waals surface area contributed by atoms with Crippen molar-refractivity contribution in [3.8, 4) is 0 Å². The van der Waals surface area contributed by atoms with Gasteiger partial charge in [0.2, 0.25) is 11.7 Å². The normalized spacial score (nSPS) is 15.0. The molecule has 28 heavy (non-hydrogen) atoms. The molecule has 0 amide bonds. The molecule has 0 saturated carbocycles. The van der Waals surface area contributed by atoms with E-state index in [0.29, 0.717) is 5.57 Å². The first-order valence-electron chi connectivity index (χ1n) is 7.73. The average molecular weight is 405 g/mol. The van der Waals surface area contributed by atoms with E-state index in [1.165, 1.54) is 18.5 Å². The zero-order valence-corrected chi connectivity index (χ0v) is 15.0. The number of rotatable bonds is 7. The summed E-state index contributed by atoms with van der Waals surface area (Å²) in [4.78, 5) is 7.45. The van der Waals surface area contributed by atoms with Gasteiger partial charge in [0.05, 0.1) is 11.9 Å². The van der Waals surface area contributed by atoms with Crippen LogP contribution >= 0.6 is 0 Å². The molecule has 0 aliphatic heterocycles. The minimum absolute atomic E-state index is 0.0644. The van der Waals surface area contributed by atoms with Crippen molar-refractivity contribution in [1.29, 1.82) is 0 Å². The largest absolute Gasteiger partial charge is 0.465 e. The maximum Gasteiger partial charge on any atom is 0.425 e. The highest BCUT2D eigenvalue weighted by Crippen LogP contribution is 2.28. The number of aromatic nitrogens is 4. The van der Waals surface area contributed by atoms with Gasteiger partial charge in [0, 0.05) is 19.4 Å². The van der Waals surface area contributed by atoms with Gasteiger partial charge in [-0.2, -0.15) is 22.0 Å². The molecule has 2 aromatic rings. The Morgan fingerprint density at radius 3 is 2.50 bits per heavy atom. The Balaban J connectivity index is 2.34. The van der Waals surface area contributed by atoms with Gasteiger partial charge in [0.15, 0.2) is 11.8 Å². The molecule has 0 spiro atoms. The fourth-order valence-corrected chi connectivity index (χ4v) is 1.95. The van der Waals surface area contributed by atoms with Crippen LogP contribution in [0.1, 0.15) is 25.4 Å². The molecule has 0 aromatic carbocycles. The van der Waals surface area contributed by atoms with E-state index in [0.717, 1.165) is 24.5 Å². The van der Waals surface area contributed by atoms with Gasteiger partial charge in [-0.25, -0.2) is 4.99 Å². The molecular weight excluding hydrogens is 389 g/mol. The number of ether oxygens (including phenoxy) is 2. The van der Waals surface area contributed by atoms with Crippen molar-refractivity contribution in [3.63, 3.8) is 0 Å². The van der Waals surface area contributed by atoms with E-state index in [-0.39, 0.29) is 17.2 Å². The molecule has 1 atom stereocenters. The molecule has 2 heterocycles. The second-order valence-corrected chi connectivity index (χ2v) is 5.56. The van der Waals surface area contributed by atoms with Crippen molar-refractivity contribution in [2.24, 2.45) is 4.99 Å². The lowest BCUT2D eigenvalue weighted by Crippen LogP contribution is -2.27. The number of hydrogen-bond donors (Lipinski definition) is 0. The van der Waals surface area contributed by atoms with Crippen LogP contribution in [0.3, 0.4) is 0 Å². The van der Waals surface area contributed by atoms with Gasteiger partial charge in [-0.1, -0.05) is 6.08 Å². The lowest BCUT2D eigenvalue weighted by atomic mass is 10.2. The monoisotopic (exact) mass is 405 g/mol. The molecule has 152 valence electrons. The fraction of sp³-hybridized carbons (Fsp3) is 0.375. The number of fused-ring (bicyclic) bond motifs is 1. The Hall–Kier alpha value is -2.89. The van der Waals surface area contributed by atoms with E-state index in [2.05, 4.69) is 36.4 Å². The molecule has 0 aliphatic carbocycles. The predicted molar refractivity (Wildman–Crippen MR) is 89.6 cm³/mol. The average Bonchev–Trinajstić information content (AvgIpc) is 3.07. The van der Waals surface area contributed by atoms with E-state index in [4.69, 9.17) is 0 Å². The van der Waals surface area contributed by atoms with Crippen LogP contribution in [0.5, 0.6) is 0 Å². The molecule has 7 nitrogen and oxygen atoms in total. The number of methoxy groups -OCH3 is 1. The zero-order valence-electron chi connectivity index (χ0n) is 15.0. The fourth-order valence-electron chi connectivity index (χ4n) is 1.95. The third kappa shape index (κ3) is 4.68. The molecule has 0 aliphatic rings. The van der Waals surface area contributed by atoms with Crippen LogP contribution in [-0.4, -0.2) is 45.7 Å². The lowest BCUT2D eigenvalue weighted by Gasteiger charge is -2.17. The maximum absolute atomic E-state index is 13.8. The van der Waals surface area contributed by atoms with Crippen LogP contribution in [0.25, 0.3) is 11.2 Å². The Morgan fingerprint density at radius 2 is 1.93 bits per heavy atom. The second-order valence-electron chi connectivity index (χ2n) is 5.56. The summed E-state index contributed by atoms with van der Waals surface area (Å²) in [5, 5.41) is 6.98. The van der Waals surface area contributed by atoms with Crippen LogP contribution in [0.15, 0.2) is 35.4 Å². The maximum atomic E-state index is 13.8. The third-order valence-corrected chi connectivity index (χ3v) is 3.60. The first-order valence-corrected chi connectivity index (χ1v) is 7.73. The molecule has 12 heteroatoms. The zero-order chi connectivity index (χ0) is 21.1. The van der Waals surface area contributed by atoms with Crippen LogP contribution < -0.4 is 0 Å². The highest BCUT2D eigenvalue weighted by Gasteiger charge is 2.38. The summed E-state index contributed by atoms with van der Waals surface area (Å²) in [5.74, 6) is -1.10. The van der Waals surface area contributed by atoms with Gasteiger partial charge in [-0.15, -0.1) is 10.2 Å². The van der Waals surface area contributed by atoms with E-state index < -0.39 is 24.2 Å². The number of halogens is 5. The number of aliphatic imine (C=N–C) groups is 1. The van der Waals surface area contributed by atoms with Gasteiger partial charge in [0.1, 0.15) is 0 Å². The highest BCUT2D eigenvalue weighted by molar-refractivity contribution is 5.62. The van der Waals surface area contributed by atoms with E-state index >= 15 is 0 Å². The molecule has 0 unspecified atom stereocenters. The standard InChI is InChI=1S/C16H16F5N5O2/c1-9(5-6-13(22-3)28-10(2)15(17,18)19)11-8-26-12(7-23-11)24-25-14(26)16(20,21)27-4/h5-8,10H,3H2,1-2,4H3/b9-5+,13-6+/t10-/m0/s1. The summed E-state index contributed by atoms with van der Waals surface area (Å²) in [6, 6.07) is 0. The van der Waals surface area contributed by atoms with Crippen molar-refractivity contribution in [2.45, 2.75) is 32.2 Å². The van der Waals surface area contributed by atoms with Gasteiger partial charge < -0.3 is 9.47 Å². The van der Waals surface area contributed by atoms with Crippen LogP contribution in [-0.2, 0) is 15.6 Å². The van der Waals surface area contributed by atoms with Gasteiger partial charge >= 0.3 is 12.3 Å². The topological polar surface area (TPSA) is 73.9 Å². The Kier molecular flexibility index (Phi) is 6.12. The Morgan fingerprint density at radius 1 is 1.25 bits per heavy atom. The van der Waals surface area contributed by atoms with E-state index in [1.54, 1.807) is 6.92 Å². The minimum atomic E-state index is -4.56. The molecule has 2 aromatic heterocycles. The van der Waals surface area contributed by atoms with Crippen molar-refractivity contribution in [3.05, 3.63) is 41.9 Å². The first kappa shape index (κ1) is 21.4. The number of alkyl halides is 5. The molecular formula is C16H16F5N5O2. The quantitative estimate of drug-likeness (QED) is 0.304. The SMILES string of the molecule is C=N/C(=C\C=C(/C)c1cn2c(C(F)(F)OC)nnc2cn1)O[C@@H](C)C(F)(F)F. The molecule has 0 radical (unpaired) electrons. The minimum Gasteiger partial charge on any atom is -0.465 e. The first-order chi connectivity index (χ1) is 13.0. The Labute approximate surface area is 156 Å². The number of nitrogens with zero attached hydrogens (tertiary/aromatic N) is 5. The van der Waals surface area contributed by atoms with E-state index in [1.807, 2.05) is 0 Å². The van der Waals surface area contributed by atoms with Crippen LogP contribution in [0.4, 0.5) is 22.0 Å². The Bertz CT molecular complexity index is 920. The second kappa shape index (κ2) is 8.00. The van der Waals surface area contributed by atoms with E-state index in [9.17, 15) is 22.0 Å².